The molecule has 0 unspecified atom stereocenters. The van der Waals surface area contributed by atoms with Crippen molar-refractivity contribution in [2.24, 2.45) is 0 Å². The Bertz CT molecular complexity index is 486. The molecule has 6 heteroatoms. The first-order valence-electron chi connectivity index (χ1n) is 4.78. The molecule has 0 aromatic heterocycles. The number of nitro groups is 1. The van der Waals surface area contributed by atoms with Crippen molar-refractivity contribution < 1.29 is 14.1 Å². The minimum absolute atomic E-state index is 0.187. The topological polar surface area (TPSA) is 72.2 Å². The Morgan fingerprint density at radius 3 is 2.76 bits per heavy atom. The standard InChI is InChI=1S/C11H11FN2O3/c1-7(2)6-13-11(15)9-5-8(12)3-4-10(9)14(16)17/h3-5H,1,6H2,2H3,(H,13,15). The summed E-state index contributed by atoms with van der Waals surface area (Å²) in [6, 6.07) is 2.74. The Labute approximate surface area is 97.1 Å². The largest absolute Gasteiger partial charge is 0.348 e. The molecule has 0 saturated heterocycles. The Balaban J connectivity index is 3.02. The number of nitro benzene ring substituents is 1. The number of carbonyl (C=O) groups excluding carboxylic acids is 1. The highest BCUT2D eigenvalue weighted by Crippen LogP contribution is 2.19. The van der Waals surface area contributed by atoms with Gasteiger partial charge >= 0.3 is 0 Å². The molecule has 0 atom stereocenters. The van der Waals surface area contributed by atoms with Gasteiger partial charge in [0.25, 0.3) is 11.6 Å². The van der Waals surface area contributed by atoms with E-state index in [0.717, 1.165) is 18.2 Å². The van der Waals surface area contributed by atoms with E-state index in [1.165, 1.54) is 0 Å². The Kier molecular flexibility index (Phi) is 3.92. The zero-order chi connectivity index (χ0) is 13.0. The van der Waals surface area contributed by atoms with Crippen LogP contribution in [0, 0.1) is 15.9 Å². The molecule has 1 aromatic rings. The van der Waals surface area contributed by atoms with Gasteiger partial charge in [0.15, 0.2) is 0 Å². The molecule has 0 aliphatic heterocycles. The summed E-state index contributed by atoms with van der Waals surface area (Å²) < 4.78 is 12.9. The second-order valence-corrected chi connectivity index (χ2v) is 3.56. The van der Waals surface area contributed by atoms with Crippen LogP contribution in [0.15, 0.2) is 30.4 Å². The first-order valence-corrected chi connectivity index (χ1v) is 4.78. The van der Waals surface area contributed by atoms with Crippen LogP contribution in [0.4, 0.5) is 10.1 Å². The molecule has 1 aromatic carbocycles. The smallest absolute Gasteiger partial charge is 0.282 e. The minimum atomic E-state index is -0.727. The van der Waals surface area contributed by atoms with Crippen LogP contribution in [0.1, 0.15) is 17.3 Å². The Morgan fingerprint density at radius 1 is 1.59 bits per heavy atom. The van der Waals surface area contributed by atoms with E-state index in [2.05, 4.69) is 11.9 Å². The van der Waals surface area contributed by atoms with Crippen molar-refractivity contribution in [2.45, 2.75) is 6.92 Å². The van der Waals surface area contributed by atoms with Gasteiger partial charge in [0.1, 0.15) is 11.4 Å². The van der Waals surface area contributed by atoms with Crippen LogP contribution in [-0.4, -0.2) is 17.4 Å². The van der Waals surface area contributed by atoms with E-state index in [1.54, 1.807) is 6.92 Å². The van der Waals surface area contributed by atoms with E-state index >= 15 is 0 Å². The zero-order valence-corrected chi connectivity index (χ0v) is 9.20. The molecule has 0 spiro atoms. The van der Waals surface area contributed by atoms with E-state index in [1.807, 2.05) is 0 Å². The molecule has 0 heterocycles. The molecule has 17 heavy (non-hydrogen) atoms. The monoisotopic (exact) mass is 238 g/mol. The molecular weight excluding hydrogens is 227 g/mol. The van der Waals surface area contributed by atoms with Crippen molar-refractivity contribution >= 4 is 11.6 Å². The maximum absolute atomic E-state index is 12.9. The van der Waals surface area contributed by atoms with Gasteiger partial charge in [-0.3, -0.25) is 14.9 Å². The fraction of sp³-hybridized carbons (Fsp3) is 0.182. The normalized spacial score (nSPS) is 9.76. The number of hydrogen-bond acceptors (Lipinski definition) is 3. The number of nitrogens with one attached hydrogen (secondary N) is 1. The van der Waals surface area contributed by atoms with Crippen molar-refractivity contribution in [1.82, 2.24) is 5.32 Å². The maximum Gasteiger partial charge on any atom is 0.282 e. The molecule has 0 aliphatic rings. The fourth-order valence-electron chi connectivity index (χ4n) is 1.18. The van der Waals surface area contributed by atoms with Gasteiger partial charge in [-0.1, -0.05) is 12.2 Å². The number of benzene rings is 1. The molecule has 0 aliphatic carbocycles. The zero-order valence-electron chi connectivity index (χ0n) is 9.20. The van der Waals surface area contributed by atoms with Crippen molar-refractivity contribution in [1.29, 1.82) is 0 Å². The third kappa shape index (κ3) is 3.37. The van der Waals surface area contributed by atoms with E-state index in [-0.39, 0.29) is 12.1 Å². The highest BCUT2D eigenvalue weighted by molar-refractivity contribution is 5.98. The van der Waals surface area contributed by atoms with Gasteiger partial charge < -0.3 is 5.32 Å². The summed E-state index contributed by atoms with van der Waals surface area (Å²) >= 11 is 0. The molecule has 90 valence electrons. The maximum atomic E-state index is 12.9. The van der Waals surface area contributed by atoms with Crippen molar-refractivity contribution in [3.05, 3.63) is 51.8 Å². The Morgan fingerprint density at radius 2 is 2.24 bits per heavy atom. The van der Waals surface area contributed by atoms with Gasteiger partial charge in [-0.05, 0) is 19.1 Å². The Hall–Kier alpha value is -2.24. The molecule has 0 radical (unpaired) electrons. The van der Waals surface area contributed by atoms with Gasteiger partial charge in [0, 0.05) is 12.6 Å². The SMILES string of the molecule is C=C(C)CNC(=O)c1cc(F)ccc1[N+](=O)[O-]. The predicted molar refractivity (Wildman–Crippen MR) is 60.2 cm³/mol. The number of hydrogen-bond donors (Lipinski definition) is 1. The van der Waals surface area contributed by atoms with Gasteiger partial charge in [0.2, 0.25) is 0 Å². The number of rotatable bonds is 4. The summed E-state index contributed by atoms with van der Waals surface area (Å²) in [4.78, 5) is 21.5. The quantitative estimate of drug-likeness (QED) is 0.495. The van der Waals surface area contributed by atoms with Crippen LogP contribution in [0.3, 0.4) is 0 Å². The van der Waals surface area contributed by atoms with Crippen LogP contribution >= 0.6 is 0 Å². The molecule has 1 N–H and O–H groups in total. The summed E-state index contributed by atoms with van der Waals surface area (Å²) in [6.07, 6.45) is 0. The number of carbonyl (C=O) groups is 1. The lowest BCUT2D eigenvalue weighted by atomic mass is 10.1. The second-order valence-electron chi connectivity index (χ2n) is 3.56. The van der Waals surface area contributed by atoms with Crippen LogP contribution in [0.25, 0.3) is 0 Å². The summed E-state index contributed by atoms with van der Waals surface area (Å²) in [5.41, 5.74) is -0.0285. The highest BCUT2D eigenvalue weighted by Gasteiger charge is 2.20. The first-order chi connectivity index (χ1) is 7.91. The highest BCUT2D eigenvalue weighted by atomic mass is 19.1. The molecule has 0 fully saturated rings. The number of nitrogens with zero attached hydrogens (tertiary/aromatic N) is 1. The molecule has 1 rings (SSSR count). The molecule has 5 nitrogen and oxygen atoms in total. The second kappa shape index (κ2) is 5.20. The lowest BCUT2D eigenvalue weighted by Crippen LogP contribution is -2.25. The number of amides is 1. The van der Waals surface area contributed by atoms with Gasteiger partial charge in [-0.15, -0.1) is 0 Å². The average molecular weight is 238 g/mol. The third-order valence-corrected chi connectivity index (χ3v) is 1.95. The molecule has 0 bridgehead atoms. The summed E-state index contributed by atoms with van der Waals surface area (Å²) in [5, 5.41) is 13.1. The van der Waals surface area contributed by atoms with Crippen LogP contribution in [-0.2, 0) is 0 Å². The third-order valence-electron chi connectivity index (χ3n) is 1.95. The van der Waals surface area contributed by atoms with Gasteiger partial charge in [-0.25, -0.2) is 4.39 Å². The fourth-order valence-corrected chi connectivity index (χ4v) is 1.18. The van der Waals surface area contributed by atoms with Crippen molar-refractivity contribution in [3.8, 4) is 0 Å². The van der Waals surface area contributed by atoms with Crippen LogP contribution in [0.5, 0.6) is 0 Å². The van der Waals surface area contributed by atoms with E-state index in [9.17, 15) is 19.3 Å². The summed E-state index contributed by atoms with van der Waals surface area (Å²) in [5.74, 6) is -1.39. The van der Waals surface area contributed by atoms with Crippen LogP contribution < -0.4 is 5.32 Å². The molecule has 1 amide bonds. The van der Waals surface area contributed by atoms with Gasteiger partial charge in [-0.2, -0.15) is 0 Å². The average Bonchev–Trinajstić information content (AvgIpc) is 2.25. The first kappa shape index (κ1) is 12.8. The number of halogens is 1. The van der Waals surface area contributed by atoms with Gasteiger partial charge in [0.05, 0.1) is 4.92 Å². The molecule has 0 saturated carbocycles. The van der Waals surface area contributed by atoms with Crippen LogP contribution in [0.2, 0.25) is 0 Å². The van der Waals surface area contributed by atoms with E-state index in [4.69, 9.17) is 0 Å². The van der Waals surface area contributed by atoms with E-state index in [0.29, 0.717) is 5.57 Å². The molecular formula is C11H11FN2O3. The summed E-state index contributed by atoms with van der Waals surface area (Å²) in [7, 11) is 0. The van der Waals surface area contributed by atoms with Crippen molar-refractivity contribution in [2.75, 3.05) is 6.54 Å². The summed E-state index contributed by atoms with van der Waals surface area (Å²) in [6.45, 7) is 5.45. The predicted octanol–water partition coefficient (Wildman–Crippen LogP) is 2.04. The minimum Gasteiger partial charge on any atom is -0.348 e. The van der Waals surface area contributed by atoms with Crippen molar-refractivity contribution in [3.63, 3.8) is 0 Å². The lowest BCUT2D eigenvalue weighted by Gasteiger charge is -2.05. The van der Waals surface area contributed by atoms with E-state index < -0.39 is 22.3 Å². The lowest BCUT2D eigenvalue weighted by molar-refractivity contribution is -0.385.